The number of alkyl halides is 1. The topological polar surface area (TPSA) is 192 Å². The molecule has 3 amide bonds. The van der Waals surface area contributed by atoms with Crippen LogP contribution in [-0.2, 0) is 16.1 Å². The number of nitrogens with zero attached hydrogens (tertiary/aromatic N) is 10. The fourth-order valence-corrected chi connectivity index (χ4v) is 5.35. The predicted octanol–water partition coefficient (Wildman–Crippen LogP) is 1.67. The van der Waals surface area contributed by atoms with Gasteiger partial charge in [-0.2, -0.15) is 20.3 Å². The molecule has 16 heteroatoms. The van der Waals surface area contributed by atoms with Crippen LogP contribution < -0.4 is 11.1 Å². The molecule has 6 heterocycles. The third-order valence-electron chi connectivity index (χ3n) is 7.46. The number of hydrogen-bond acceptors (Lipinski definition) is 10. The molecule has 1 fully saturated rings. The minimum Gasteiger partial charge on any atom is -0.364 e. The first-order chi connectivity index (χ1) is 21.8. The Bertz CT molecular complexity index is 2080. The number of anilines is 1. The van der Waals surface area contributed by atoms with Gasteiger partial charge in [0.05, 0.1) is 42.5 Å². The second-order valence-corrected chi connectivity index (χ2v) is 10.4. The Morgan fingerprint density at radius 1 is 0.978 bits per heavy atom. The maximum absolute atomic E-state index is 14.7. The van der Waals surface area contributed by atoms with E-state index in [0.29, 0.717) is 22.5 Å². The Hall–Kier alpha value is -6.19. The normalized spacial score (nSPS) is 16.3. The first kappa shape index (κ1) is 27.6. The van der Waals surface area contributed by atoms with Crippen molar-refractivity contribution in [2.24, 2.45) is 5.73 Å². The molecule has 1 aliphatic heterocycles. The molecule has 2 unspecified atom stereocenters. The van der Waals surface area contributed by atoms with Crippen LogP contribution in [0, 0.1) is 0 Å². The van der Waals surface area contributed by atoms with Gasteiger partial charge in [-0.05, 0) is 35.9 Å². The van der Waals surface area contributed by atoms with Crippen molar-refractivity contribution in [3.63, 3.8) is 0 Å². The molecule has 1 aromatic carbocycles. The predicted molar refractivity (Wildman–Crippen MR) is 157 cm³/mol. The van der Waals surface area contributed by atoms with Gasteiger partial charge in [0.2, 0.25) is 11.8 Å². The highest BCUT2D eigenvalue weighted by molar-refractivity contribution is 6.05. The maximum Gasteiger partial charge on any atom is 0.269 e. The van der Waals surface area contributed by atoms with Crippen LogP contribution in [-0.4, -0.2) is 85.9 Å². The first-order valence-corrected chi connectivity index (χ1v) is 13.8. The monoisotopic (exact) mass is 606 g/mol. The van der Waals surface area contributed by atoms with Gasteiger partial charge in [-0.25, -0.2) is 13.9 Å². The van der Waals surface area contributed by atoms with Crippen molar-refractivity contribution in [3.8, 4) is 22.5 Å². The Kier molecular flexibility index (Phi) is 6.84. The number of carbonyl (C=O) groups excluding carboxylic acids is 3. The van der Waals surface area contributed by atoms with Crippen molar-refractivity contribution < 1.29 is 18.8 Å². The average Bonchev–Trinajstić information content (AvgIpc) is 3.76. The van der Waals surface area contributed by atoms with Crippen molar-refractivity contribution in [1.82, 2.24) is 49.4 Å². The average molecular weight is 607 g/mol. The number of aromatic nitrogens is 9. The van der Waals surface area contributed by atoms with Crippen LogP contribution in [0.25, 0.3) is 39.2 Å². The van der Waals surface area contributed by atoms with Crippen LogP contribution in [0.4, 0.5) is 10.1 Å². The summed E-state index contributed by atoms with van der Waals surface area (Å²) in [4.78, 5) is 52.9. The fourth-order valence-electron chi connectivity index (χ4n) is 5.35. The Morgan fingerprint density at radius 3 is 2.58 bits per heavy atom. The lowest BCUT2D eigenvalue weighted by molar-refractivity contribution is -0.137. The van der Waals surface area contributed by atoms with Crippen molar-refractivity contribution in [2.75, 3.05) is 11.9 Å². The van der Waals surface area contributed by atoms with Gasteiger partial charge < -0.3 is 16.0 Å². The lowest BCUT2D eigenvalue weighted by atomic mass is 10.0. The molecule has 5 aromatic heterocycles. The molecular weight excluding hydrogens is 583 g/mol. The van der Waals surface area contributed by atoms with E-state index in [1.165, 1.54) is 26.5 Å². The van der Waals surface area contributed by atoms with Gasteiger partial charge in [0.15, 0.2) is 11.5 Å². The van der Waals surface area contributed by atoms with Crippen LogP contribution in [0.15, 0.2) is 73.6 Å². The number of nitrogens with two attached hydrogens (primary N) is 1. The molecule has 1 saturated heterocycles. The number of carbonyl (C=O) groups is 3. The highest BCUT2D eigenvalue weighted by Crippen LogP contribution is 2.28. The third-order valence-corrected chi connectivity index (χ3v) is 7.46. The maximum atomic E-state index is 14.7. The summed E-state index contributed by atoms with van der Waals surface area (Å²) >= 11 is 0. The van der Waals surface area contributed by atoms with Crippen LogP contribution >= 0.6 is 0 Å². The van der Waals surface area contributed by atoms with Crippen LogP contribution in [0.2, 0.25) is 0 Å². The van der Waals surface area contributed by atoms with E-state index in [9.17, 15) is 18.8 Å². The molecule has 1 aliphatic rings. The Morgan fingerprint density at radius 2 is 1.80 bits per heavy atom. The number of nitrogens with one attached hydrogen (secondary N) is 1. The number of primary amides is 1. The zero-order chi connectivity index (χ0) is 31.1. The van der Waals surface area contributed by atoms with E-state index >= 15 is 0 Å². The van der Waals surface area contributed by atoms with Crippen molar-refractivity contribution in [2.45, 2.75) is 25.2 Å². The molecule has 224 valence electrons. The van der Waals surface area contributed by atoms with Gasteiger partial charge in [-0.3, -0.25) is 24.0 Å². The van der Waals surface area contributed by atoms with E-state index in [0.717, 1.165) is 16.7 Å². The molecule has 0 bridgehead atoms. The molecule has 0 saturated carbocycles. The number of halogens is 1. The van der Waals surface area contributed by atoms with Crippen LogP contribution in [0.3, 0.4) is 0 Å². The number of fused-ring (bicyclic) bond motifs is 2. The minimum absolute atomic E-state index is 0.0242. The molecule has 7 rings (SSSR count). The van der Waals surface area contributed by atoms with Crippen LogP contribution in [0.5, 0.6) is 0 Å². The number of hydrogen-bond donors (Lipinski definition) is 2. The van der Waals surface area contributed by atoms with Crippen molar-refractivity contribution in [1.29, 1.82) is 0 Å². The largest absolute Gasteiger partial charge is 0.364 e. The lowest BCUT2D eigenvalue weighted by Gasteiger charge is -2.23. The van der Waals surface area contributed by atoms with Gasteiger partial charge in [-0.1, -0.05) is 6.07 Å². The molecule has 3 N–H and O–H groups in total. The molecular formula is C29H23FN12O3. The van der Waals surface area contributed by atoms with E-state index in [4.69, 9.17) is 5.73 Å². The molecule has 45 heavy (non-hydrogen) atoms. The summed E-state index contributed by atoms with van der Waals surface area (Å²) in [5.74, 6) is -1.17. The summed E-state index contributed by atoms with van der Waals surface area (Å²) in [6, 6.07) is 9.41. The van der Waals surface area contributed by atoms with Gasteiger partial charge in [0.25, 0.3) is 11.7 Å². The number of likely N-dealkylation sites (tertiary alicyclic amines) is 1. The van der Waals surface area contributed by atoms with Crippen molar-refractivity contribution in [3.05, 3.63) is 79.3 Å². The fraction of sp³-hybridized carbons (Fsp3) is 0.172. The van der Waals surface area contributed by atoms with Crippen LogP contribution in [0.1, 0.15) is 16.9 Å². The second-order valence-electron chi connectivity index (χ2n) is 10.4. The van der Waals surface area contributed by atoms with Gasteiger partial charge in [-0.15, -0.1) is 5.10 Å². The highest BCUT2D eigenvalue weighted by Gasteiger charge is 2.40. The molecule has 6 aromatic rings. The van der Waals surface area contributed by atoms with Gasteiger partial charge >= 0.3 is 0 Å². The zero-order valence-electron chi connectivity index (χ0n) is 23.4. The molecule has 15 nitrogen and oxygen atoms in total. The zero-order valence-corrected chi connectivity index (χ0v) is 23.4. The number of amides is 3. The number of pyridine rings is 1. The van der Waals surface area contributed by atoms with Crippen molar-refractivity contribution >= 4 is 40.1 Å². The minimum atomic E-state index is -1.41. The number of rotatable bonds is 7. The second kappa shape index (κ2) is 11.1. The molecule has 0 radical (unpaired) electrons. The van der Waals surface area contributed by atoms with Gasteiger partial charge in [0.1, 0.15) is 18.8 Å². The quantitative estimate of drug-likeness (QED) is 0.270. The van der Waals surface area contributed by atoms with E-state index in [-0.39, 0.29) is 30.9 Å². The lowest BCUT2D eigenvalue weighted by Crippen LogP contribution is -2.44. The molecule has 0 spiro atoms. The summed E-state index contributed by atoms with van der Waals surface area (Å²) in [6.07, 6.45) is 7.71. The van der Waals surface area contributed by atoms with E-state index in [1.807, 2.05) is 0 Å². The number of benzene rings is 1. The Balaban J connectivity index is 1.11. The third kappa shape index (κ3) is 5.28. The summed E-state index contributed by atoms with van der Waals surface area (Å²) in [6.45, 7) is -0.617. The summed E-state index contributed by atoms with van der Waals surface area (Å²) in [5.41, 5.74) is 8.59. The smallest absolute Gasteiger partial charge is 0.269 e. The van der Waals surface area contributed by atoms with E-state index < -0.39 is 29.9 Å². The standard InChI is InChI=1S/C29H23FN12O3/c30-19-10-23(28(45)36-20-12-33-29-37-27(39-42(29)14-20)16-3-6-32-7-4-16)40(13-19)24(43)15-41-22-2-1-17(18-5-8-34-35-11-18)9-21(22)25(38-41)26(31)44/h1-9,11-12,14,19,23H,10,13,15H2,(H2,31,44)(H,36,45). The summed E-state index contributed by atoms with van der Waals surface area (Å²) in [5, 5.41) is 19.5. The molecule has 2 atom stereocenters. The molecule has 0 aliphatic carbocycles. The summed E-state index contributed by atoms with van der Waals surface area (Å²) in [7, 11) is 0. The van der Waals surface area contributed by atoms with E-state index in [1.54, 1.807) is 61.2 Å². The SMILES string of the molecule is NC(=O)c1nn(CC(=O)N2CC(F)CC2C(=O)Nc2cnc3nc(-c4ccncc4)nn3c2)c2ccc(-c3ccnnc3)cc12. The van der Waals surface area contributed by atoms with Gasteiger partial charge in [0, 0.05) is 35.3 Å². The summed E-state index contributed by atoms with van der Waals surface area (Å²) < 4.78 is 17.4. The highest BCUT2D eigenvalue weighted by atomic mass is 19.1. The Labute approximate surface area is 252 Å². The first-order valence-electron chi connectivity index (χ1n) is 13.8. The van der Waals surface area contributed by atoms with E-state index in [2.05, 4.69) is 40.7 Å².